The van der Waals surface area contributed by atoms with E-state index in [1.54, 1.807) is 7.11 Å². The van der Waals surface area contributed by atoms with E-state index in [0.29, 0.717) is 35.4 Å². The third-order valence-electron chi connectivity index (χ3n) is 7.13. The zero-order chi connectivity index (χ0) is 29.1. The average molecular weight is 617 g/mol. The van der Waals surface area contributed by atoms with Gasteiger partial charge in [0, 0.05) is 42.8 Å². The molecule has 0 radical (unpaired) electrons. The Morgan fingerprint density at radius 3 is 2.48 bits per heavy atom. The van der Waals surface area contributed by atoms with Gasteiger partial charge in [-0.3, -0.25) is 9.36 Å². The number of carbonyl (C=O) groups excluding carboxylic acids is 1. The Morgan fingerprint density at radius 2 is 1.71 bits per heavy atom. The maximum absolute atomic E-state index is 13.3. The van der Waals surface area contributed by atoms with E-state index in [0.717, 1.165) is 45.9 Å². The molecule has 214 valence electrons. The van der Waals surface area contributed by atoms with Crippen LogP contribution in [0.3, 0.4) is 0 Å². The lowest BCUT2D eigenvalue weighted by molar-refractivity contribution is 0.0741. The molecule has 1 saturated heterocycles. The predicted octanol–water partition coefficient (Wildman–Crippen LogP) is 6.62. The second-order valence-corrected chi connectivity index (χ2v) is 12.1. The quantitative estimate of drug-likeness (QED) is 0.181. The summed E-state index contributed by atoms with van der Waals surface area (Å²) in [5.74, 6) is 2.04. The van der Waals surface area contributed by atoms with Gasteiger partial charge in [-0.1, -0.05) is 65.3 Å². The fourth-order valence-electron chi connectivity index (χ4n) is 4.91. The first-order valence-electron chi connectivity index (χ1n) is 13.5. The highest BCUT2D eigenvalue weighted by atomic mass is 35.5. The van der Waals surface area contributed by atoms with Crippen molar-refractivity contribution in [3.05, 3.63) is 99.5 Å². The van der Waals surface area contributed by atoms with Gasteiger partial charge in [0.2, 0.25) is 0 Å². The molecule has 0 bridgehead atoms. The summed E-state index contributed by atoms with van der Waals surface area (Å²) in [6.07, 6.45) is 0. The largest absolute Gasteiger partial charge is 0.495 e. The van der Waals surface area contributed by atoms with Gasteiger partial charge in [0.25, 0.3) is 5.91 Å². The average Bonchev–Trinajstić information content (AvgIpc) is 3.68. The molecule has 0 unspecified atom stereocenters. The van der Waals surface area contributed by atoms with Gasteiger partial charge in [0.05, 0.1) is 23.6 Å². The highest BCUT2D eigenvalue weighted by Crippen LogP contribution is 2.34. The van der Waals surface area contributed by atoms with Crippen molar-refractivity contribution < 1.29 is 9.53 Å². The second kappa shape index (κ2) is 12.6. The number of methoxy groups -OCH3 is 1. The van der Waals surface area contributed by atoms with Gasteiger partial charge in [0.15, 0.2) is 11.0 Å². The minimum Gasteiger partial charge on any atom is -0.495 e. The summed E-state index contributed by atoms with van der Waals surface area (Å²) in [6, 6.07) is 23.8. The van der Waals surface area contributed by atoms with Crippen LogP contribution in [0.15, 0.2) is 83.3 Å². The van der Waals surface area contributed by atoms with Gasteiger partial charge in [-0.25, -0.2) is 4.98 Å². The molecule has 11 heteroatoms. The summed E-state index contributed by atoms with van der Waals surface area (Å²) >= 11 is 9.56. The first-order valence-corrected chi connectivity index (χ1v) is 15.8. The number of rotatable bonds is 8. The molecule has 3 heterocycles. The Kier molecular flexibility index (Phi) is 8.46. The predicted molar refractivity (Wildman–Crippen MR) is 169 cm³/mol. The number of thioether (sulfide) groups is 1. The lowest BCUT2D eigenvalue weighted by Gasteiger charge is -2.36. The van der Waals surface area contributed by atoms with Gasteiger partial charge < -0.3 is 14.5 Å². The van der Waals surface area contributed by atoms with Crippen LogP contribution in [0.1, 0.15) is 21.1 Å². The zero-order valence-electron chi connectivity index (χ0n) is 23.2. The Bertz CT molecular complexity index is 1700. The Labute approximate surface area is 257 Å². The Hall–Kier alpha value is -3.86. The Balaban J connectivity index is 1.15. The summed E-state index contributed by atoms with van der Waals surface area (Å²) in [5, 5.41) is 13.1. The zero-order valence-corrected chi connectivity index (χ0v) is 25.6. The number of halogens is 1. The van der Waals surface area contributed by atoms with Crippen molar-refractivity contribution in [1.82, 2.24) is 24.6 Å². The van der Waals surface area contributed by atoms with E-state index < -0.39 is 0 Å². The fourth-order valence-corrected chi connectivity index (χ4v) is 6.87. The third kappa shape index (κ3) is 5.88. The number of para-hydroxylation sites is 2. The molecule has 2 aromatic heterocycles. The number of ether oxygens (including phenoxy) is 1. The molecule has 8 nitrogen and oxygen atoms in total. The minimum absolute atomic E-state index is 0.0361. The van der Waals surface area contributed by atoms with E-state index in [9.17, 15) is 4.79 Å². The number of anilines is 1. The summed E-state index contributed by atoms with van der Waals surface area (Å²) < 4.78 is 7.54. The van der Waals surface area contributed by atoms with Crippen molar-refractivity contribution in [2.45, 2.75) is 17.8 Å². The number of carbonyl (C=O) groups is 1. The van der Waals surface area contributed by atoms with Crippen LogP contribution in [-0.2, 0) is 5.75 Å². The van der Waals surface area contributed by atoms with Gasteiger partial charge in [-0.15, -0.1) is 21.5 Å². The molecule has 1 aliphatic rings. The van der Waals surface area contributed by atoms with E-state index in [1.165, 1.54) is 28.7 Å². The van der Waals surface area contributed by atoms with Gasteiger partial charge in [0.1, 0.15) is 16.5 Å². The molecule has 1 aliphatic heterocycles. The van der Waals surface area contributed by atoms with E-state index >= 15 is 0 Å². The van der Waals surface area contributed by atoms with Crippen molar-refractivity contribution in [2.75, 3.05) is 38.2 Å². The first kappa shape index (κ1) is 28.3. The fraction of sp³-hybridized carbons (Fsp3) is 0.226. The number of aryl methyl sites for hydroxylation is 1. The Morgan fingerprint density at radius 1 is 0.976 bits per heavy atom. The molecule has 0 atom stereocenters. The summed E-state index contributed by atoms with van der Waals surface area (Å²) in [5.41, 5.74) is 4.47. The summed E-state index contributed by atoms with van der Waals surface area (Å²) in [6.45, 7) is 4.79. The van der Waals surface area contributed by atoms with Gasteiger partial charge in [-0.05, 0) is 43.3 Å². The number of benzene rings is 3. The molecular formula is C31H29ClN6O2S2. The molecule has 0 spiro atoms. The maximum atomic E-state index is 13.3. The van der Waals surface area contributed by atoms with Crippen LogP contribution < -0.4 is 9.64 Å². The van der Waals surface area contributed by atoms with E-state index in [-0.39, 0.29) is 5.91 Å². The second-order valence-electron chi connectivity index (χ2n) is 9.82. The highest BCUT2D eigenvalue weighted by molar-refractivity contribution is 7.98. The number of hydrogen-bond acceptors (Lipinski definition) is 8. The molecule has 1 fully saturated rings. The molecule has 3 aromatic carbocycles. The van der Waals surface area contributed by atoms with Gasteiger partial charge >= 0.3 is 0 Å². The summed E-state index contributed by atoms with van der Waals surface area (Å²) in [7, 11) is 1.68. The van der Waals surface area contributed by atoms with Crippen molar-refractivity contribution in [3.8, 4) is 22.8 Å². The number of amides is 1. The lowest BCUT2D eigenvalue weighted by atomic mass is 10.2. The molecule has 0 N–H and O–H groups in total. The van der Waals surface area contributed by atoms with Crippen LogP contribution in [0.4, 0.5) is 5.69 Å². The smallest absolute Gasteiger partial charge is 0.273 e. The topological polar surface area (TPSA) is 76.4 Å². The summed E-state index contributed by atoms with van der Waals surface area (Å²) in [4.78, 5) is 22.1. The maximum Gasteiger partial charge on any atom is 0.273 e. The van der Waals surface area contributed by atoms with Crippen LogP contribution in [0.5, 0.6) is 5.75 Å². The number of thiazole rings is 1. The van der Waals surface area contributed by atoms with Crippen LogP contribution in [0, 0.1) is 6.92 Å². The SMILES string of the molecule is COc1ccccc1N1CCN(C(=O)c2csc(CSc3nnc(-c4ccccc4Cl)n3-c3ccc(C)cc3)n2)CC1. The molecule has 1 amide bonds. The number of piperazine rings is 1. The van der Waals surface area contributed by atoms with Crippen LogP contribution in [0.25, 0.3) is 17.1 Å². The molecule has 5 aromatic rings. The van der Waals surface area contributed by atoms with Gasteiger partial charge in [-0.2, -0.15) is 0 Å². The molecule has 6 rings (SSSR count). The third-order valence-corrected chi connectivity index (χ3v) is 9.43. The molecule has 42 heavy (non-hydrogen) atoms. The van der Waals surface area contributed by atoms with Crippen molar-refractivity contribution >= 4 is 46.3 Å². The number of aromatic nitrogens is 4. The van der Waals surface area contributed by atoms with E-state index in [4.69, 9.17) is 21.3 Å². The highest BCUT2D eigenvalue weighted by Gasteiger charge is 2.25. The molecular weight excluding hydrogens is 588 g/mol. The van der Waals surface area contributed by atoms with Crippen molar-refractivity contribution in [3.63, 3.8) is 0 Å². The van der Waals surface area contributed by atoms with Crippen LogP contribution >= 0.6 is 34.7 Å². The number of nitrogens with zero attached hydrogens (tertiary/aromatic N) is 6. The normalized spacial score (nSPS) is 13.4. The van der Waals surface area contributed by atoms with Crippen molar-refractivity contribution in [1.29, 1.82) is 0 Å². The monoisotopic (exact) mass is 616 g/mol. The van der Waals surface area contributed by atoms with Crippen LogP contribution in [-0.4, -0.2) is 63.8 Å². The molecule has 0 aliphatic carbocycles. The molecule has 0 saturated carbocycles. The van der Waals surface area contributed by atoms with E-state index in [1.807, 2.05) is 57.3 Å². The first-order chi connectivity index (χ1) is 20.5. The minimum atomic E-state index is -0.0361. The number of hydrogen-bond donors (Lipinski definition) is 0. The van der Waals surface area contributed by atoms with Crippen molar-refractivity contribution in [2.24, 2.45) is 0 Å². The lowest BCUT2D eigenvalue weighted by Crippen LogP contribution is -2.49. The van der Waals surface area contributed by atoms with E-state index in [2.05, 4.69) is 52.4 Å². The standard InChI is InChI=1S/C31H29ClN6O2S2/c1-21-11-13-22(14-12-21)38-29(23-7-3-4-8-24(23)32)34-35-31(38)42-20-28-33-25(19-41-28)30(39)37-17-15-36(16-18-37)26-9-5-6-10-27(26)40-2/h3-14,19H,15-18,20H2,1-2H3. The van der Waals surface area contributed by atoms with Crippen LogP contribution in [0.2, 0.25) is 5.02 Å².